The number of aliphatic hydroxyl groups is 1. The van der Waals surface area contributed by atoms with Gasteiger partial charge in [0.05, 0.1) is 29.0 Å². The molecule has 1 heterocycles. The molecule has 0 spiro atoms. The minimum Gasteiger partial charge on any atom is -0.413 e. The second-order valence-corrected chi connectivity index (χ2v) is 37.1. The lowest BCUT2D eigenvalue weighted by molar-refractivity contribution is -0.141. The third kappa shape index (κ3) is 15.1. The summed E-state index contributed by atoms with van der Waals surface area (Å²) in [5.74, 6) is 0.0432. The highest BCUT2D eigenvalue weighted by Gasteiger charge is 2.49. The van der Waals surface area contributed by atoms with E-state index in [9.17, 15) is 9.90 Å². The molecule has 0 bridgehead atoms. The molecule has 0 saturated carbocycles. The first-order valence-corrected chi connectivity index (χ1v) is 30.7. The van der Waals surface area contributed by atoms with Gasteiger partial charge in [-0.05, 0) is 125 Å². The van der Waals surface area contributed by atoms with Gasteiger partial charge >= 0.3 is 0 Å². The maximum atomic E-state index is 14.7. The fourth-order valence-electron chi connectivity index (χ4n) is 6.27. The number of nitrogens with zero attached hydrogens (tertiary/aromatic N) is 1. The summed E-state index contributed by atoms with van der Waals surface area (Å²) in [6.45, 7) is 49.0. The molecule has 1 aromatic rings. The van der Waals surface area contributed by atoms with Gasteiger partial charge in [-0.25, -0.2) is 4.98 Å². The van der Waals surface area contributed by atoms with E-state index >= 15 is 0 Å². The quantitative estimate of drug-likeness (QED) is 0.0755. The highest BCUT2D eigenvalue weighted by molar-refractivity contribution is 7.09. The molecule has 10 heteroatoms. The Morgan fingerprint density at radius 1 is 0.818 bits per heavy atom. The van der Waals surface area contributed by atoms with Gasteiger partial charge in [-0.15, -0.1) is 11.3 Å². The van der Waals surface area contributed by atoms with Crippen molar-refractivity contribution in [1.29, 1.82) is 0 Å². The minimum atomic E-state index is -2.21. The van der Waals surface area contributed by atoms with E-state index in [1.807, 2.05) is 13.8 Å². The maximum absolute atomic E-state index is 14.7. The number of ketones is 1. The van der Waals surface area contributed by atoms with Crippen LogP contribution in [-0.4, -0.2) is 65.7 Å². The molecular formula is C45H87NO5SSi3. The molecule has 0 fully saturated rings. The number of unbranched alkanes of at least 4 members (excludes halogenated alkanes) is 1. The van der Waals surface area contributed by atoms with Crippen molar-refractivity contribution in [3.8, 4) is 0 Å². The summed E-state index contributed by atoms with van der Waals surface area (Å²) in [5.41, 5.74) is 2.80. The Bertz CT molecular complexity index is 1420. The van der Waals surface area contributed by atoms with E-state index in [1.54, 1.807) is 11.3 Å². The first kappa shape index (κ1) is 52.3. The summed E-state index contributed by atoms with van der Waals surface area (Å²) in [7, 11) is -6.42. The third-order valence-corrected chi connectivity index (χ3v) is 27.6. The molecule has 1 rings (SSSR count). The molecule has 55 heavy (non-hydrogen) atoms. The number of aromatic nitrogens is 1. The number of aliphatic hydroxyl groups excluding tert-OH is 1. The largest absolute Gasteiger partial charge is 0.413 e. The van der Waals surface area contributed by atoms with Crippen LogP contribution in [0.2, 0.25) is 54.4 Å². The number of Topliss-reactive ketones (excluding diaryl/α,β-unsaturated/α-hetero) is 1. The molecule has 6 nitrogen and oxygen atoms in total. The lowest BCUT2D eigenvalue weighted by Gasteiger charge is -2.46. The standard InChI is InChI=1S/C45H87NO5SSi3/c1-32(29-38(49-53(17,18)42(6,7)8)34(3)30-37-31-52-36(5)46-37)25-23-24-26-33(2)40(51-55(21,22)44(12,13)14)35(4)41(48)45(15,16)39(27-28-47)50-54(19,20)43(9,10)11/h25,30-31,33,35,38-40,47H,23-24,26-29H2,1-22H3/b32-25+,34-30+/t33-,35+,38-,39-,40-/m0/s1. The Morgan fingerprint density at radius 2 is 1.31 bits per heavy atom. The van der Waals surface area contributed by atoms with Crippen LogP contribution in [0.25, 0.3) is 6.08 Å². The third-order valence-electron chi connectivity index (χ3n) is 13.4. The van der Waals surface area contributed by atoms with Gasteiger partial charge in [-0.3, -0.25) is 4.79 Å². The number of hydrogen-bond donors (Lipinski definition) is 1. The van der Waals surface area contributed by atoms with E-state index in [1.165, 1.54) is 11.1 Å². The SMILES string of the molecule is C/C(=C\CCC[C@H](C)[C@H](O[Si](C)(C)C(C)(C)C)[C@@H](C)C(=O)C(C)(C)[C@H](CCO)O[Si](C)(C)C(C)(C)C)C[C@H](O[Si](C)(C)C(C)(C)C)/C(C)=C/c1csc(C)n1. The van der Waals surface area contributed by atoms with Crippen molar-refractivity contribution in [3.63, 3.8) is 0 Å². The van der Waals surface area contributed by atoms with Crippen molar-refractivity contribution in [2.45, 2.75) is 216 Å². The number of carbonyl (C=O) groups excluding carboxylic acids is 1. The van der Waals surface area contributed by atoms with Gasteiger partial charge in [0.1, 0.15) is 5.78 Å². The molecule has 0 aromatic carbocycles. The van der Waals surface area contributed by atoms with Gasteiger partial charge in [0.2, 0.25) is 0 Å². The van der Waals surface area contributed by atoms with Crippen LogP contribution in [0.3, 0.4) is 0 Å². The van der Waals surface area contributed by atoms with Crippen LogP contribution in [0, 0.1) is 24.2 Å². The number of aryl methyl sites for hydroxylation is 1. The Kier molecular flexibility index (Phi) is 19.0. The van der Waals surface area contributed by atoms with Gasteiger partial charge in [0.15, 0.2) is 25.0 Å². The van der Waals surface area contributed by atoms with Crippen LogP contribution in [-0.2, 0) is 18.1 Å². The highest BCUT2D eigenvalue weighted by Crippen LogP contribution is 2.44. The smallest absolute Gasteiger partial charge is 0.192 e. The number of rotatable bonds is 21. The van der Waals surface area contributed by atoms with Gasteiger partial charge in [-0.2, -0.15) is 0 Å². The van der Waals surface area contributed by atoms with E-state index < -0.39 is 30.4 Å². The molecule has 0 aliphatic carbocycles. The Balaban J connectivity index is 3.33. The lowest BCUT2D eigenvalue weighted by atomic mass is 9.73. The van der Waals surface area contributed by atoms with Crippen LogP contribution < -0.4 is 0 Å². The fourth-order valence-corrected chi connectivity index (χ4v) is 11.1. The van der Waals surface area contributed by atoms with Crippen LogP contribution in [0.1, 0.15) is 147 Å². The van der Waals surface area contributed by atoms with E-state index in [4.69, 9.17) is 18.3 Å². The molecular weight excluding hydrogens is 751 g/mol. The molecule has 1 aromatic heterocycles. The summed E-state index contributed by atoms with van der Waals surface area (Å²) in [6.07, 6.45) is 8.29. The van der Waals surface area contributed by atoms with Crippen LogP contribution >= 0.6 is 11.3 Å². The van der Waals surface area contributed by atoms with Gasteiger partial charge in [0.25, 0.3) is 0 Å². The average Bonchev–Trinajstić information content (AvgIpc) is 3.42. The Morgan fingerprint density at radius 3 is 1.76 bits per heavy atom. The number of thiazole rings is 1. The van der Waals surface area contributed by atoms with E-state index in [0.717, 1.165) is 36.4 Å². The first-order chi connectivity index (χ1) is 24.6. The molecule has 0 saturated heterocycles. The Hall–Kier alpha value is -0.729. The summed E-state index contributed by atoms with van der Waals surface area (Å²) >= 11 is 1.68. The molecule has 1 N–H and O–H groups in total. The van der Waals surface area contributed by atoms with E-state index in [0.29, 0.717) is 6.42 Å². The molecule has 0 aliphatic rings. The number of allylic oxidation sites excluding steroid dienone is 1. The highest BCUT2D eigenvalue weighted by atomic mass is 32.1. The fraction of sp³-hybridized carbons (Fsp3) is 0.822. The second kappa shape index (κ2) is 20.0. The zero-order chi connectivity index (χ0) is 43.2. The zero-order valence-corrected chi connectivity index (χ0v) is 43.6. The van der Waals surface area contributed by atoms with Gasteiger partial charge < -0.3 is 18.4 Å². The molecule has 0 unspecified atom stereocenters. The van der Waals surface area contributed by atoms with Crippen LogP contribution in [0.15, 0.2) is 22.6 Å². The number of carbonyl (C=O) groups is 1. The average molecular weight is 839 g/mol. The molecule has 320 valence electrons. The van der Waals surface area contributed by atoms with Crippen LogP contribution in [0.5, 0.6) is 0 Å². The summed E-state index contributed by atoms with van der Waals surface area (Å²) < 4.78 is 21.2. The number of hydrogen-bond acceptors (Lipinski definition) is 7. The topological polar surface area (TPSA) is 77.9 Å². The lowest BCUT2D eigenvalue weighted by Crippen LogP contribution is -2.54. The monoisotopic (exact) mass is 838 g/mol. The predicted molar refractivity (Wildman–Crippen MR) is 248 cm³/mol. The van der Waals surface area contributed by atoms with Gasteiger partial charge in [-0.1, -0.05) is 102 Å². The van der Waals surface area contributed by atoms with Crippen molar-refractivity contribution in [1.82, 2.24) is 4.98 Å². The second-order valence-electron chi connectivity index (χ2n) is 21.8. The van der Waals surface area contributed by atoms with Crippen molar-refractivity contribution >= 4 is 48.1 Å². The van der Waals surface area contributed by atoms with Crippen LogP contribution in [0.4, 0.5) is 0 Å². The maximum Gasteiger partial charge on any atom is 0.192 e. The van der Waals surface area contributed by atoms with Crippen molar-refractivity contribution in [2.75, 3.05) is 6.61 Å². The zero-order valence-electron chi connectivity index (χ0n) is 39.8. The first-order valence-electron chi connectivity index (χ1n) is 21.1. The van der Waals surface area contributed by atoms with E-state index in [2.05, 4.69) is 154 Å². The van der Waals surface area contributed by atoms with E-state index in [-0.39, 0.29) is 57.7 Å². The molecule has 0 amide bonds. The summed E-state index contributed by atoms with van der Waals surface area (Å²) in [4.78, 5) is 19.4. The van der Waals surface area contributed by atoms with Crippen molar-refractivity contribution in [3.05, 3.63) is 33.3 Å². The normalized spacial score (nSPS) is 17.6. The van der Waals surface area contributed by atoms with Crippen molar-refractivity contribution in [2.24, 2.45) is 17.3 Å². The Labute approximate surface area is 347 Å². The molecule has 0 aliphatic heterocycles. The van der Waals surface area contributed by atoms with Gasteiger partial charge in [0, 0.05) is 23.3 Å². The predicted octanol–water partition coefficient (Wildman–Crippen LogP) is 13.8. The molecule has 0 radical (unpaired) electrons. The summed E-state index contributed by atoms with van der Waals surface area (Å²) in [5, 5.41) is 13.5. The minimum absolute atomic E-state index is 0.00423. The van der Waals surface area contributed by atoms with Crippen molar-refractivity contribution < 1.29 is 23.2 Å². The molecule has 5 atom stereocenters. The summed E-state index contributed by atoms with van der Waals surface area (Å²) in [6, 6.07) is 0.